The van der Waals surface area contributed by atoms with Crippen molar-refractivity contribution in [1.29, 1.82) is 5.26 Å². The quantitative estimate of drug-likeness (QED) is 0.821. The van der Waals surface area contributed by atoms with E-state index in [2.05, 4.69) is 6.07 Å². The topological polar surface area (TPSA) is 42.2 Å². The summed E-state index contributed by atoms with van der Waals surface area (Å²) in [5, 5.41) is 9.01. The maximum Gasteiger partial charge on any atom is 0.136 e. The molecular formula is C16H15NO2. The van der Waals surface area contributed by atoms with Crippen molar-refractivity contribution in [2.75, 3.05) is 7.11 Å². The Labute approximate surface area is 113 Å². The molecule has 0 amide bonds. The van der Waals surface area contributed by atoms with Crippen LogP contribution in [0.25, 0.3) is 0 Å². The van der Waals surface area contributed by atoms with E-state index in [1.807, 2.05) is 36.4 Å². The Hall–Kier alpha value is -2.31. The second kappa shape index (κ2) is 6.58. The SMILES string of the molecule is COc1ccc(COCc2ccccc2)cc1C#N. The monoisotopic (exact) mass is 253 g/mol. The summed E-state index contributed by atoms with van der Waals surface area (Å²) >= 11 is 0. The molecule has 0 saturated heterocycles. The second-order valence-corrected chi connectivity index (χ2v) is 4.12. The van der Waals surface area contributed by atoms with Crippen LogP contribution in [0.1, 0.15) is 16.7 Å². The fraction of sp³-hybridized carbons (Fsp3) is 0.188. The van der Waals surface area contributed by atoms with E-state index in [4.69, 9.17) is 14.7 Å². The van der Waals surface area contributed by atoms with E-state index in [-0.39, 0.29) is 0 Å². The van der Waals surface area contributed by atoms with E-state index < -0.39 is 0 Å². The summed E-state index contributed by atoms with van der Waals surface area (Å²) in [6.07, 6.45) is 0. The summed E-state index contributed by atoms with van der Waals surface area (Å²) in [4.78, 5) is 0. The molecule has 0 heterocycles. The number of nitriles is 1. The van der Waals surface area contributed by atoms with Crippen LogP contribution in [-0.4, -0.2) is 7.11 Å². The molecule has 0 aliphatic carbocycles. The first-order chi connectivity index (χ1) is 9.33. The largest absolute Gasteiger partial charge is 0.495 e. The molecule has 96 valence electrons. The van der Waals surface area contributed by atoms with Gasteiger partial charge in [0, 0.05) is 0 Å². The first-order valence-corrected chi connectivity index (χ1v) is 6.02. The molecule has 0 unspecified atom stereocenters. The molecule has 2 aromatic carbocycles. The van der Waals surface area contributed by atoms with Crippen LogP contribution in [0.3, 0.4) is 0 Å². The highest BCUT2D eigenvalue weighted by molar-refractivity contribution is 5.45. The number of methoxy groups -OCH3 is 1. The van der Waals surface area contributed by atoms with Gasteiger partial charge in [-0.15, -0.1) is 0 Å². The van der Waals surface area contributed by atoms with Crippen molar-refractivity contribution < 1.29 is 9.47 Å². The fourth-order valence-corrected chi connectivity index (χ4v) is 1.79. The molecule has 0 N–H and O–H groups in total. The molecule has 2 rings (SSSR count). The van der Waals surface area contributed by atoms with Crippen molar-refractivity contribution >= 4 is 0 Å². The highest BCUT2D eigenvalue weighted by Gasteiger charge is 2.03. The van der Waals surface area contributed by atoms with E-state index in [9.17, 15) is 0 Å². The molecule has 0 atom stereocenters. The normalized spacial score (nSPS) is 9.89. The molecule has 0 aliphatic heterocycles. The molecule has 0 radical (unpaired) electrons. The molecule has 0 saturated carbocycles. The van der Waals surface area contributed by atoms with Crippen LogP contribution in [0.5, 0.6) is 5.75 Å². The van der Waals surface area contributed by atoms with Crippen LogP contribution >= 0.6 is 0 Å². The van der Waals surface area contributed by atoms with Gasteiger partial charge in [-0.05, 0) is 23.3 Å². The standard InChI is InChI=1S/C16H15NO2/c1-18-16-8-7-14(9-15(16)10-17)12-19-11-13-5-3-2-4-6-13/h2-9H,11-12H2,1H3. The highest BCUT2D eigenvalue weighted by atomic mass is 16.5. The van der Waals surface area contributed by atoms with E-state index in [1.165, 1.54) is 0 Å². The minimum Gasteiger partial charge on any atom is -0.495 e. The maximum absolute atomic E-state index is 9.01. The third kappa shape index (κ3) is 3.57. The number of hydrogen-bond donors (Lipinski definition) is 0. The molecule has 3 heteroatoms. The molecule has 19 heavy (non-hydrogen) atoms. The van der Waals surface area contributed by atoms with Gasteiger partial charge in [-0.2, -0.15) is 5.26 Å². The lowest BCUT2D eigenvalue weighted by atomic mass is 10.1. The predicted octanol–water partition coefficient (Wildman–Crippen LogP) is 3.28. The third-order valence-corrected chi connectivity index (χ3v) is 2.76. The van der Waals surface area contributed by atoms with Crippen LogP contribution in [0.4, 0.5) is 0 Å². The van der Waals surface area contributed by atoms with Gasteiger partial charge in [0.25, 0.3) is 0 Å². The summed E-state index contributed by atoms with van der Waals surface area (Å²) in [6, 6.07) is 17.6. The Morgan fingerprint density at radius 2 is 1.74 bits per heavy atom. The van der Waals surface area contributed by atoms with Gasteiger partial charge in [-0.25, -0.2) is 0 Å². The Bertz CT molecular complexity index is 573. The average molecular weight is 253 g/mol. The van der Waals surface area contributed by atoms with Gasteiger partial charge in [0.1, 0.15) is 11.8 Å². The molecule has 0 fully saturated rings. The molecule has 0 aromatic heterocycles. The van der Waals surface area contributed by atoms with Crippen molar-refractivity contribution in [3.05, 3.63) is 65.2 Å². The first-order valence-electron chi connectivity index (χ1n) is 6.02. The van der Waals surface area contributed by atoms with Crippen LogP contribution in [0.2, 0.25) is 0 Å². The zero-order valence-corrected chi connectivity index (χ0v) is 10.8. The van der Waals surface area contributed by atoms with Crippen molar-refractivity contribution in [2.45, 2.75) is 13.2 Å². The van der Waals surface area contributed by atoms with E-state index in [1.54, 1.807) is 19.2 Å². The summed E-state index contributed by atoms with van der Waals surface area (Å²) in [5.74, 6) is 0.592. The number of benzene rings is 2. The van der Waals surface area contributed by atoms with Gasteiger partial charge in [-0.3, -0.25) is 0 Å². The molecule has 0 aliphatic rings. The highest BCUT2D eigenvalue weighted by Crippen LogP contribution is 2.19. The Morgan fingerprint density at radius 3 is 2.42 bits per heavy atom. The second-order valence-electron chi connectivity index (χ2n) is 4.12. The van der Waals surface area contributed by atoms with Gasteiger partial charge in [0.05, 0.1) is 25.9 Å². The summed E-state index contributed by atoms with van der Waals surface area (Å²) < 4.78 is 10.7. The van der Waals surface area contributed by atoms with Crippen molar-refractivity contribution in [2.24, 2.45) is 0 Å². The number of nitrogens with zero attached hydrogens (tertiary/aromatic N) is 1. The van der Waals surface area contributed by atoms with Crippen molar-refractivity contribution in [3.63, 3.8) is 0 Å². The summed E-state index contributed by atoms with van der Waals surface area (Å²) in [6.45, 7) is 1.04. The smallest absolute Gasteiger partial charge is 0.136 e. The number of ether oxygens (including phenoxy) is 2. The maximum atomic E-state index is 9.01. The lowest BCUT2D eigenvalue weighted by molar-refractivity contribution is 0.107. The van der Waals surface area contributed by atoms with E-state index in [0.717, 1.165) is 11.1 Å². The zero-order valence-electron chi connectivity index (χ0n) is 10.8. The zero-order chi connectivity index (χ0) is 13.5. The Balaban J connectivity index is 1.95. The Kier molecular flexibility index (Phi) is 4.54. The molecule has 2 aromatic rings. The molecular weight excluding hydrogens is 238 g/mol. The van der Waals surface area contributed by atoms with E-state index in [0.29, 0.717) is 24.5 Å². The van der Waals surface area contributed by atoms with Gasteiger partial charge in [0.2, 0.25) is 0 Å². The van der Waals surface area contributed by atoms with Crippen LogP contribution in [0, 0.1) is 11.3 Å². The molecule has 3 nitrogen and oxygen atoms in total. The van der Waals surface area contributed by atoms with Crippen molar-refractivity contribution in [3.8, 4) is 11.8 Å². The predicted molar refractivity (Wildman–Crippen MR) is 72.6 cm³/mol. The molecule has 0 bridgehead atoms. The van der Waals surface area contributed by atoms with Crippen LogP contribution in [-0.2, 0) is 18.0 Å². The Morgan fingerprint density at radius 1 is 1.00 bits per heavy atom. The number of rotatable bonds is 5. The lowest BCUT2D eigenvalue weighted by Crippen LogP contribution is -1.96. The summed E-state index contributed by atoms with van der Waals surface area (Å²) in [7, 11) is 1.56. The van der Waals surface area contributed by atoms with E-state index >= 15 is 0 Å². The van der Waals surface area contributed by atoms with Gasteiger partial charge in [0.15, 0.2) is 0 Å². The lowest BCUT2D eigenvalue weighted by Gasteiger charge is -2.07. The van der Waals surface area contributed by atoms with Crippen LogP contribution < -0.4 is 4.74 Å². The van der Waals surface area contributed by atoms with Gasteiger partial charge >= 0.3 is 0 Å². The van der Waals surface area contributed by atoms with Crippen molar-refractivity contribution in [1.82, 2.24) is 0 Å². The average Bonchev–Trinajstić information content (AvgIpc) is 2.48. The fourth-order valence-electron chi connectivity index (χ4n) is 1.79. The molecule has 0 spiro atoms. The summed E-state index contributed by atoms with van der Waals surface area (Å²) in [5.41, 5.74) is 2.63. The third-order valence-electron chi connectivity index (χ3n) is 2.76. The number of hydrogen-bond acceptors (Lipinski definition) is 3. The van der Waals surface area contributed by atoms with Gasteiger partial charge in [-0.1, -0.05) is 36.4 Å². The minimum absolute atomic E-state index is 0.480. The van der Waals surface area contributed by atoms with Gasteiger partial charge < -0.3 is 9.47 Å². The minimum atomic E-state index is 0.480. The van der Waals surface area contributed by atoms with Crippen LogP contribution in [0.15, 0.2) is 48.5 Å². The first kappa shape index (κ1) is 13.1.